The SMILES string of the molecule is O=C(O)NCCc1nc(-c2ccc(-c3ccc(Br)cc3)cc2)c[nH]1. The summed E-state index contributed by atoms with van der Waals surface area (Å²) in [5.41, 5.74) is 4.17. The molecule has 0 bridgehead atoms. The van der Waals surface area contributed by atoms with Crippen LogP contribution in [-0.4, -0.2) is 27.7 Å². The number of rotatable bonds is 5. The predicted molar refractivity (Wildman–Crippen MR) is 96.9 cm³/mol. The average Bonchev–Trinajstić information content (AvgIpc) is 3.04. The molecule has 0 saturated carbocycles. The molecule has 0 aliphatic carbocycles. The summed E-state index contributed by atoms with van der Waals surface area (Å²) in [4.78, 5) is 18.0. The zero-order chi connectivity index (χ0) is 16.9. The first-order valence-corrected chi connectivity index (χ1v) is 8.28. The zero-order valence-electron chi connectivity index (χ0n) is 12.8. The lowest BCUT2D eigenvalue weighted by atomic mass is 10.0. The largest absolute Gasteiger partial charge is 0.465 e. The molecule has 122 valence electrons. The number of nitrogens with one attached hydrogen (secondary N) is 2. The van der Waals surface area contributed by atoms with Crippen LogP contribution >= 0.6 is 15.9 Å². The van der Waals surface area contributed by atoms with Gasteiger partial charge in [-0.3, -0.25) is 0 Å². The Hall–Kier alpha value is -2.60. The number of carbonyl (C=O) groups is 1. The van der Waals surface area contributed by atoms with Gasteiger partial charge < -0.3 is 15.4 Å². The van der Waals surface area contributed by atoms with Crippen LogP contribution in [0.1, 0.15) is 5.82 Å². The highest BCUT2D eigenvalue weighted by atomic mass is 79.9. The Labute approximate surface area is 147 Å². The van der Waals surface area contributed by atoms with Gasteiger partial charge in [-0.1, -0.05) is 52.3 Å². The Morgan fingerprint density at radius 3 is 2.25 bits per heavy atom. The first-order chi connectivity index (χ1) is 11.6. The second-order valence-corrected chi connectivity index (χ2v) is 6.21. The van der Waals surface area contributed by atoms with E-state index in [0.29, 0.717) is 13.0 Å². The van der Waals surface area contributed by atoms with Crippen LogP contribution in [0.4, 0.5) is 4.79 Å². The molecule has 1 heterocycles. The monoisotopic (exact) mass is 385 g/mol. The van der Waals surface area contributed by atoms with E-state index in [0.717, 1.165) is 32.7 Å². The van der Waals surface area contributed by atoms with Gasteiger partial charge in [0.1, 0.15) is 5.82 Å². The predicted octanol–water partition coefficient (Wildman–Crippen LogP) is 4.32. The van der Waals surface area contributed by atoms with E-state index in [4.69, 9.17) is 5.11 Å². The van der Waals surface area contributed by atoms with Crippen LogP contribution in [0.25, 0.3) is 22.4 Å². The van der Waals surface area contributed by atoms with Crippen molar-refractivity contribution in [3.63, 3.8) is 0 Å². The molecule has 0 radical (unpaired) electrons. The van der Waals surface area contributed by atoms with Crippen molar-refractivity contribution < 1.29 is 9.90 Å². The molecular formula is C18H16BrN3O2. The molecule has 1 amide bonds. The van der Waals surface area contributed by atoms with Gasteiger partial charge in [0, 0.05) is 29.2 Å². The molecule has 5 nitrogen and oxygen atoms in total. The van der Waals surface area contributed by atoms with E-state index in [1.807, 2.05) is 30.5 Å². The van der Waals surface area contributed by atoms with Gasteiger partial charge in [-0.25, -0.2) is 9.78 Å². The number of aromatic amines is 1. The molecule has 24 heavy (non-hydrogen) atoms. The summed E-state index contributed by atoms with van der Waals surface area (Å²) < 4.78 is 1.06. The maximum absolute atomic E-state index is 10.4. The molecule has 3 N–H and O–H groups in total. The molecule has 0 aliphatic rings. The summed E-state index contributed by atoms with van der Waals surface area (Å²) >= 11 is 3.44. The zero-order valence-corrected chi connectivity index (χ0v) is 14.4. The summed E-state index contributed by atoms with van der Waals surface area (Å²) in [6.45, 7) is 0.338. The molecule has 0 saturated heterocycles. The Morgan fingerprint density at radius 2 is 1.62 bits per heavy atom. The number of benzene rings is 2. The first kappa shape index (κ1) is 16.3. The molecule has 0 unspecified atom stereocenters. The van der Waals surface area contributed by atoms with Crippen molar-refractivity contribution in [3.8, 4) is 22.4 Å². The van der Waals surface area contributed by atoms with Crippen molar-refractivity contribution in [2.45, 2.75) is 6.42 Å². The molecular weight excluding hydrogens is 370 g/mol. The van der Waals surface area contributed by atoms with Crippen LogP contribution in [0.15, 0.2) is 59.2 Å². The van der Waals surface area contributed by atoms with Gasteiger partial charge in [-0.05, 0) is 23.3 Å². The van der Waals surface area contributed by atoms with Crippen LogP contribution < -0.4 is 5.32 Å². The van der Waals surface area contributed by atoms with Gasteiger partial charge in [0.25, 0.3) is 0 Å². The van der Waals surface area contributed by atoms with Crippen LogP contribution in [0.5, 0.6) is 0 Å². The molecule has 3 aromatic rings. The second-order valence-electron chi connectivity index (χ2n) is 5.30. The van der Waals surface area contributed by atoms with Crippen LogP contribution in [0.2, 0.25) is 0 Å². The number of imidazole rings is 1. The third-order valence-corrected chi connectivity index (χ3v) is 4.16. The molecule has 3 rings (SSSR count). The van der Waals surface area contributed by atoms with E-state index in [-0.39, 0.29) is 0 Å². The van der Waals surface area contributed by atoms with Gasteiger partial charge in [-0.15, -0.1) is 0 Å². The summed E-state index contributed by atoms with van der Waals surface area (Å²) in [5.74, 6) is 0.760. The minimum atomic E-state index is -1.02. The van der Waals surface area contributed by atoms with Crippen molar-refractivity contribution in [1.29, 1.82) is 0 Å². The van der Waals surface area contributed by atoms with Crippen LogP contribution in [0, 0.1) is 0 Å². The van der Waals surface area contributed by atoms with Crippen molar-refractivity contribution >= 4 is 22.0 Å². The Kier molecular flexibility index (Phi) is 4.96. The van der Waals surface area contributed by atoms with E-state index in [1.165, 1.54) is 0 Å². The fourth-order valence-corrected chi connectivity index (χ4v) is 2.67. The van der Waals surface area contributed by atoms with E-state index in [2.05, 4.69) is 55.5 Å². The highest BCUT2D eigenvalue weighted by Crippen LogP contribution is 2.25. The molecule has 0 atom stereocenters. The van der Waals surface area contributed by atoms with Crippen LogP contribution in [-0.2, 0) is 6.42 Å². The van der Waals surface area contributed by atoms with Gasteiger partial charge in [0.05, 0.1) is 5.69 Å². The Bertz CT molecular complexity index is 826. The molecule has 1 aromatic heterocycles. The van der Waals surface area contributed by atoms with Gasteiger partial charge in [0.2, 0.25) is 0 Å². The molecule has 0 fully saturated rings. The maximum Gasteiger partial charge on any atom is 0.404 e. The smallest absolute Gasteiger partial charge is 0.404 e. The quantitative estimate of drug-likeness (QED) is 0.611. The van der Waals surface area contributed by atoms with Gasteiger partial charge in [0.15, 0.2) is 0 Å². The lowest BCUT2D eigenvalue weighted by Crippen LogP contribution is -2.23. The molecule has 0 aliphatic heterocycles. The van der Waals surface area contributed by atoms with Crippen molar-refractivity contribution in [1.82, 2.24) is 15.3 Å². The number of hydrogen-bond acceptors (Lipinski definition) is 2. The number of carboxylic acid groups (broad SMARTS) is 1. The highest BCUT2D eigenvalue weighted by molar-refractivity contribution is 9.10. The third kappa shape index (κ3) is 4.02. The van der Waals surface area contributed by atoms with Crippen molar-refractivity contribution in [2.75, 3.05) is 6.54 Å². The lowest BCUT2D eigenvalue weighted by molar-refractivity contribution is 0.194. The summed E-state index contributed by atoms with van der Waals surface area (Å²) in [5, 5.41) is 10.9. The van der Waals surface area contributed by atoms with Crippen molar-refractivity contribution in [3.05, 3.63) is 65.0 Å². The van der Waals surface area contributed by atoms with Crippen molar-refractivity contribution in [2.24, 2.45) is 0 Å². The second kappa shape index (κ2) is 7.31. The standard InChI is InChI=1S/C18H16BrN3O2/c19-15-7-5-13(6-8-15)12-1-3-14(4-2-12)16-11-21-17(22-16)9-10-20-18(23)24/h1-8,11,20H,9-10H2,(H,21,22)(H,23,24). The number of halogens is 1. The normalized spacial score (nSPS) is 10.5. The van der Waals surface area contributed by atoms with E-state index < -0.39 is 6.09 Å². The lowest BCUT2D eigenvalue weighted by Gasteiger charge is -2.03. The number of H-pyrrole nitrogens is 1. The molecule has 6 heteroatoms. The van der Waals surface area contributed by atoms with E-state index in [9.17, 15) is 4.79 Å². The number of hydrogen-bond donors (Lipinski definition) is 3. The summed E-state index contributed by atoms with van der Waals surface area (Å²) in [6, 6.07) is 16.4. The topological polar surface area (TPSA) is 78.0 Å². The first-order valence-electron chi connectivity index (χ1n) is 7.49. The summed E-state index contributed by atoms with van der Waals surface area (Å²) in [6.07, 6.45) is 1.35. The Balaban J connectivity index is 1.70. The third-order valence-electron chi connectivity index (χ3n) is 3.63. The average molecular weight is 386 g/mol. The minimum Gasteiger partial charge on any atom is -0.465 e. The van der Waals surface area contributed by atoms with Crippen LogP contribution in [0.3, 0.4) is 0 Å². The van der Waals surface area contributed by atoms with E-state index >= 15 is 0 Å². The molecule has 0 spiro atoms. The number of aromatic nitrogens is 2. The van der Waals surface area contributed by atoms with Gasteiger partial charge in [-0.2, -0.15) is 0 Å². The fourth-order valence-electron chi connectivity index (χ4n) is 2.40. The minimum absolute atomic E-state index is 0.338. The summed E-state index contributed by atoms with van der Waals surface area (Å²) in [7, 11) is 0. The highest BCUT2D eigenvalue weighted by Gasteiger charge is 2.05. The molecule has 2 aromatic carbocycles. The Morgan fingerprint density at radius 1 is 1.04 bits per heavy atom. The maximum atomic E-state index is 10.4. The number of nitrogens with zero attached hydrogens (tertiary/aromatic N) is 1. The number of amides is 1. The fraction of sp³-hybridized carbons (Fsp3) is 0.111. The van der Waals surface area contributed by atoms with Gasteiger partial charge >= 0.3 is 6.09 Å². The van der Waals surface area contributed by atoms with E-state index in [1.54, 1.807) is 0 Å².